The van der Waals surface area contributed by atoms with Crippen LogP contribution in [0.3, 0.4) is 0 Å². The monoisotopic (exact) mass is 196 g/mol. The van der Waals surface area contributed by atoms with Gasteiger partial charge < -0.3 is 4.74 Å². The van der Waals surface area contributed by atoms with Crippen molar-refractivity contribution in [1.29, 1.82) is 0 Å². The lowest BCUT2D eigenvalue weighted by Gasteiger charge is -2.02. The topological polar surface area (TPSA) is 44.1 Å². The van der Waals surface area contributed by atoms with Gasteiger partial charge in [0.15, 0.2) is 0 Å². The van der Waals surface area contributed by atoms with Crippen LogP contribution in [0.4, 0.5) is 0 Å². The first-order valence-corrected chi connectivity index (χ1v) is 4.86. The molecule has 0 aliphatic carbocycles. The Morgan fingerprint density at radius 3 is 3.00 bits per heavy atom. The van der Waals surface area contributed by atoms with E-state index in [0.29, 0.717) is 13.0 Å². The molecule has 0 aliphatic heterocycles. The zero-order chi connectivity index (χ0) is 10.4. The number of carbonyl (C=O) groups is 1. The summed E-state index contributed by atoms with van der Waals surface area (Å²) in [5.41, 5.74) is 1.15. The van der Waals surface area contributed by atoms with Crippen molar-refractivity contribution in [3.05, 3.63) is 18.0 Å². The summed E-state index contributed by atoms with van der Waals surface area (Å²) < 4.78 is 6.65. The molecular formula is C10H16N2O2. The molecule has 1 aromatic heterocycles. The zero-order valence-electron chi connectivity index (χ0n) is 8.69. The second-order valence-corrected chi connectivity index (χ2v) is 3.10. The van der Waals surface area contributed by atoms with Crippen LogP contribution in [0.15, 0.2) is 12.3 Å². The molecule has 4 heteroatoms. The molecular weight excluding hydrogens is 180 g/mol. The van der Waals surface area contributed by atoms with Gasteiger partial charge in [0.05, 0.1) is 6.61 Å². The molecule has 14 heavy (non-hydrogen) atoms. The van der Waals surface area contributed by atoms with Crippen molar-refractivity contribution in [2.24, 2.45) is 7.05 Å². The molecule has 0 fully saturated rings. The van der Waals surface area contributed by atoms with Crippen molar-refractivity contribution in [3.63, 3.8) is 0 Å². The normalized spacial score (nSPS) is 10.1. The molecule has 0 amide bonds. The summed E-state index contributed by atoms with van der Waals surface area (Å²) in [7, 11) is 1.90. The van der Waals surface area contributed by atoms with Gasteiger partial charge in [-0.25, -0.2) is 0 Å². The van der Waals surface area contributed by atoms with E-state index in [4.69, 9.17) is 4.74 Å². The highest BCUT2D eigenvalue weighted by atomic mass is 16.5. The van der Waals surface area contributed by atoms with Crippen LogP contribution >= 0.6 is 0 Å². The van der Waals surface area contributed by atoms with Gasteiger partial charge in [0.1, 0.15) is 0 Å². The van der Waals surface area contributed by atoms with Crippen molar-refractivity contribution >= 4 is 5.97 Å². The largest absolute Gasteiger partial charge is 0.466 e. The maximum absolute atomic E-state index is 11.0. The molecule has 0 saturated carbocycles. The molecule has 0 aromatic carbocycles. The van der Waals surface area contributed by atoms with E-state index in [2.05, 4.69) is 5.10 Å². The van der Waals surface area contributed by atoms with E-state index in [1.165, 1.54) is 0 Å². The van der Waals surface area contributed by atoms with Gasteiger partial charge in [-0.2, -0.15) is 5.10 Å². The first-order chi connectivity index (χ1) is 6.74. The number of hydrogen-bond donors (Lipinski definition) is 0. The molecule has 1 rings (SSSR count). The third kappa shape index (κ3) is 3.20. The molecule has 78 valence electrons. The van der Waals surface area contributed by atoms with Crippen LogP contribution in [-0.2, 0) is 23.0 Å². The van der Waals surface area contributed by atoms with Crippen LogP contribution in [0.5, 0.6) is 0 Å². The van der Waals surface area contributed by atoms with Gasteiger partial charge in [0, 0.05) is 25.4 Å². The lowest BCUT2D eigenvalue weighted by Crippen LogP contribution is -2.05. The molecule has 0 spiro atoms. The lowest BCUT2D eigenvalue weighted by atomic mass is 10.2. The Bertz CT molecular complexity index is 294. The van der Waals surface area contributed by atoms with Gasteiger partial charge in [0.2, 0.25) is 0 Å². The molecule has 0 unspecified atom stereocenters. The van der Waals surface area contributed by atoms with Crippen molar-refractivity contribution in [3.8, 4) is 0 Å². The number of nitrogens with zero attached hydrogens (tertiary/aromatic N) is 2. The second kappa shape index (κ2) is 5.42. The molecule has 0 N–H and O–H groups in total. The Morgan fingerprint density at radius 2 is 2.43 bits per heavy atom. The second-order valence-electron chi connectivity index (χ2n) is 3.10. The standard InChI is InChI=1S/C10H16N2O2/c1-3-14-10(13)6-4-5-9-7-8-11-12(9)2/h7-8H,3-6H2,1-2H3. The highest BCUT2D eigenvalue weighted by Crippen LogP contribution is 2.03. The van der Waals surface area contributed by atoms with Gasteiger partial charge in [-0.05, 0) is 25.8 Å². The number of aromatic nitrogens is 2. The first kappa shape index (κ1) is 10.8. The Hall–Kier alpha value is -1.32. The van der Waals surface area contributed by atoms with E-state index in [1.807, 2.05) is 24.7 Å². The number of carbonyl (C=O) groups excluding carboxylic acids is 1. The number of hydrogen-bond acceptors (Lipinski definition) is 3. The van der Waals surface area contributed by atoms with Crippen LogP contribution < -0.4 is 0 Å². The summed E-state index contributed by atoms with van der Waals surface area (Å²) in [6, 6.07) is 1.96. The molecule has 1 heterocycles. The lowest BCUT2D eigenvalue weighted by molar-refractivity contribution is -0.143. The summed E-state index contributed by atoms with van der Waals surface area (Å²) in [5.74, 6) is -0.116. The third-order valence-electron chi connectivity index (χ3n) is 2.04. The molecule has 0 aliphatic rings. The number of ether oxygens (including phenoxy) is 1. The highest BCUT2D eigenvalue weighted by molar-refractivity contribution is 5.69. The quantitative estimate of drug-likeness (QED) is 0.667. The zero-order valence-corrected chi connectivity index (χ0v) is 8.69. The fraction of sp³-hybridized carbons (Fsp3) is 0.600. The van der Waals surface area contributed by atoms with E-state index in [9.17, 15) is 4.79 Å². The van der Waals surface area contributed by atoms with E-state index >= 15 is 0 Å². The van der Waals surface area contributed by atoms with Crippen molar-refractivity contribution in [1.82, 2.24) is 9.78 Å². The minimum Gasteiger partial charge on any atom is -0.466 e. The minimum atomic E-state index is -0.116. The SMILES string of the molecule is CCOC(=O)CCCc1ccnn1C. The molecule has 0 radical (unpaired) electrons. The van der Waals surface area contributed by atoms with E-state index in [-0.39, 0.29) is 5.97 Å². The predicted octanol–water partition coefficient (Wildman–Crippen LogP) is 1.31. The highest BCUT2D eigenvalue weighted by Gasteiger charge is 2.03. The molecule has 0 saturated heterocycles. The number of esters is 1. The summed E-state index contributed by atoms with van der Waals surface area (Å²) in [4.78, 5) is 11.0. The maximum atomic E-state index is 11.0. The Morgan fingerprint density at radius 1 is 1.64 bits per heavy atom. The van der Waals surface area contributed by atoms with Crippen molar-refractivity contribution < 1.29 is 9.53 Å². The molecule has 0 atom stereocenters. The Labute approximate surface area is 83.9 Å². The average molecular weight is 196 g/mol. The fourth-order valence-corrected chi connectivity index (χ4v) is 1.29. The van der Waals surface area contributed by atoms with Gasteiger partial charge in [-0.1, -0.05) is 0 Å². The van der Waals surface area contributed by atoms with E-state index < -0.39 is 0 Å². The van der Waals surface area contributed by atoms with Crippen LogP contribution in [0.1, 0.15) is 25.5 Å². The summed E-state index contributed by atoms with van der Waals surface area (Å²) in [6.07, 6.45) is 3.94. The smallest absolute Gasteiger partial charge is 0.305 e. The van der Waals surface area contributed by atoms with E-state index in [0.717, 1.165) is 18.5 Å². The van der Waals surface area contributed by atoms with Crippen LogP contribution in [0.25, 0.3) is 0 Å². The fourth-order valence-electron chi connectivity index (χ4n) is 1.29. The molecule has 1 aromatic rings. The van der Waals surface area contributed by atoms with Crippen LogP contribution in [-0.4, -0.2) is 22.4 Å². The van der Waals surface area contributed by atoms with Gasteiger partial charge >= 0.3 is 5.97 Å². The first-order valence-electron chi connectivity index (χ1n) is 4.86. The van der Waals surface area contributed by atoms with Crippen molar-refractivity contribution in [2.75, 3.05) is 6.61 Å². The summed E-state index contributed by atoms with van der Waals surface area (Å²) in [6.45, 7) is 2.28. The number of rotatable bonds is 5. The van der Waals surface area contributed by atoms with Gasteiger partial charge in [0.25, 0.3) is 0 Å². The summed E-state index contributed by atoms with van der Waals surface area (Å²) in [5, 5.41) is 4.05. The third-order valence-corrected chi connectivity index (χ3v) is 2.04. The summed E-state index contributed by atoms with van der Waals surface area (Å²) >= 11 is 0. The van der Waals surface area contributed by atoms with E-state index in [1.54, 1.807) is 6.20 Å². The van der Waals surface area contributed by atoms with Crippen LogP contribution in [0, 0.1) is 0 Å². The maximum Gasteiger partial charge on any atom is 0.305 e. The van der Waals surface area contributed by atoms with Gasteiger partial charge in [-0.15, -0.1) is 0 Å². The van der Waals surface area contributed by atoms with Gasteiger partial charge in [-0.3, -0.25) is 9.48 Å². The molecule has 4 nitrogen and oxygen atoms in total. The number of aryl methyl sites for hydroxylation is 2. The Balaban J connectivity index is 2.22. The predicted molar refractivity (Wildman–Crippen MR) is 52.8 cm³/mol. The average Bonchev–Trinajstić information content (AvgIpc) is 2.52. The minimum absolute atomic E-state index is 0.116. The Kier molecular flexibility index (Phi) is 4.16. The molecule has 0 bridgehead atoms. The van der Waals surface area contributed by atoms with Crippen molar-refractivity contribution in [2.45, 2.75) is 26.2 Å². The van der Waals surface area contributed by atoms with Crippen LogP contribution in [0.2, 0.25) is 0 Å².